The second-order valence-electron chi connectivity index (χ2n) is 5.67. The maximum atomic E-state index is 12.8. The van der Waals surface area contributed by atoms with Gasteiger partial charge in [0.2, 0.25) is 0 Å². The van der Waals surface area contributed by atoms with E-state index >= 15 is 0 Å². The number of carbonyl (C=O) groups excluding carboxylic acids is 1. The van der Waals surface area contributed by atoms with Gasteiger partial charge in [-0.1, -0.05) is 0 Å². The van der Waals surface area contributed by atoms with Gasteiger partial charge in [0.15, 0.2) is 5.69 Å². The molecule has 7 nitrogen and oxygen atoms in total. The zero-order valence-corrected chi connectivity index (χ0v) is 14.6. The number of carbonyl (C=O) groups is 2. The van der Waals surface area contributed by atoms with Gasteiger partial charge in [0.05, 0.1) is 25.3 Å². The molecule has 1 atom stereocenters. The molecule has 0 spiro atoms. The van der Waals surface area contributed by atoms with Gasteiger partial charge < -0.3 is 14.7 Å². The highest BCUT2D eigenvalue weighted by molar-refractivity contribution is 7.99. The first-order chi connectivity index (χ1) is 12.1. The van der Waals surface area contributed by atoms with Gasteiger partial charge in [-0.05, 0) is 30.3 Å². The Labute approximate surface area is 149 Å². The molecule has 2 aromatic rings. The standard InChI is InChI=1S/C17H19N3O4S/c1-24-14-4-2-12(3-5-14)20-7-6-15(18-20)17(23)19-8-9-25-11-13(19)10-16(21)22/h2-7,13H,8-11H2,1H3,(H,21,22). The number of thioether (sulfide) groups is 1. The number of aromatic nitrogens is 2. The summed E-state index contributed by atoms with van der Waals surface area (Å²) in [6.07, 6.45) is 1.68. The van der Waals surface area contributed by atoms with Crippen molar-refractivity contribution < 1.29 is 19.4 Å². The number of rotatable bonds is 5. The van der Waals surface area contributed by atoms with Crippen LogP contribution in [0.1, 0.15) is 16.9 Å². The van der Waals surface area contributed by atoms with Gasteiger partial charge in [0.25, 0.3) is 5.91 Å². The van der Waals surface area contributed by atoms with Crippen LogP contribution in [-0.2, 0) is 4.79 Å². The van der Waals surface area contributed by atoms with Crippen LogP contribution in [0.25, 0.3) is 5.69 Å². The summed E-state index contributed by atoms with van der Waals surface area (Å²) in [6.45, 7) is 0.539. The lowest BCUT2D eigenvalue weighted by atomic mass is 10.2. The first-order valence-electron chi connectivity index (χ1n) is 7.89. The molecule has 1 aliphatic heterocycles. The molecule has 1 fully saturated rings. The Morgan fingerprint density at radius 3 is 2.76 bits per heavy atom. The van der Waals surface area contributed by atoms with Crippen LogP contribution in [0.4, 0.5) is 0 Å². The number of ether oxygens (including phenoxy) is 1. The Bertz CT molecular complexity index is 760. The summed E-state index contributed by atoms with van der Waals surface area (Å²) in [7, 11) is 1.60. The fraction of sp³-hybridized carbons (Fsp3) is 0.353. The third kappa shape index (κ3) is 3.96. The number of nitrogens with zero attached hydrogens (tertiary/aromatic N) is 3. The largest absolute Gasteiger partial charge is 0.497 e. The number of aliphatic carboxylic acids is 1. The zero-order valence-electron chi connectivity index (χ0n) is 13.8. The number of benzene rings is 1. The highest BCUT2D eigenvalue weighted by Gasteiger charge is 2.30. The molecule has 1 aliphatic rings. The van der Waals surface area contributed by atoms with Crippen molar-refractivity contribution in [2.75, 3.05) is 25.2 Å². The normalized spacial score (nSPS) is 17.3. The molecule has 132 valence electrons. The van der Waals surface area contributed by atoms with Crippen LogP contribution in [0.15, 0.2) is 36.5 Å². The van der Waals surface area contributed by atoms with E-state index in [0.29, 0.717) is 18.0 Å². The summed E-state index contributed by atoms with van der Waals surface area (Å²) in [5, 5.41) is 13.4. The van der Waals surface area contributed by atoms with Gasteiger partial charge in [0, 0.05) is 24.2 Å². The van der Waals surface area contributed by atoms with Crippen molar-refractivity contribution in [3.05, 3.63) is 42.2 Å². The zero-order chi connectivity index (χ0) is 17.8. The molecule has 1 aromatic carbocycles. The first-order valence-corrected chi connectivity index (χ1v) is 9.04. The van der Waals surface area contributed by atoms with Crippen LogP contribution in [0.5, 0.6) is 5.75 Å². The molecular formula is C17H19N3O4S. The van der Waals surface area contributed by atoms with Gasteiger partial charge in [0.1, 0.15) is 5.75 Å². The number of carboxylic acids is 1. The molecular weight excluding hydrogens is 342 g/mol. The average molecular weight is 361 g/mol. The lowest BCUT2D eigenvalue weighted by Crippen LogP contribution is -2.47. The minimum Gasteiger partial charge on any atom is -0.497 e. The molecule has 25 heavy (non-hydrogen) atoms. The SMILES string of the molecule is COc1ccc(-n2ccc(C(=O)N3CCSCC3CC(=O)O)n2)cc1. The van der Waals surface area contributed by atoms with Crippen molar-refractivity contribution >= 4 is 23.6 Å². The number of methoxy groups -OCH3 is 1. The van der Waals surface area contributed by atoms with E-state index in [9.17, 15) is 9.59 Å². The van der Waals surface area contributed by atoms with Crippen molar-refractivity contribution in [3.8, 4) is 11.4 Å². The lowest BCUT2D eigenvalue weighted by Gasteiger charge is -2.34. The Kier molecular flexibility index (Phi) is 5.28. The fourth-order valence-corrected chi connectivity index (χ4v) is 3.82. The van der Waals surface area contributed by atoms with E-state index in [-0.39, 0.29) is 18.4 Å². The maximum absolute atomic E-state index is 12.8. The van der Waals surface area contributed by atoms with Crippen LogP contribution >= 0.6 is 11.8 Å². The average Bonchev–Trinajstić information content (AvgIpc) is 3.11. The fourth-order valence-electron chi connectivity index (χ4n) is 2.76. The van der Waals surface area contributed by atoms with Crippen LogP contribution in [0.2, 0.25) is 0 Å². The third-order valence-electron chi connectivity index (χ3n) is 4.04. The predicted octanol–water partition coefficient (Wildman–Crippen LogP) is 1.91. The van der Waals surface area contributed by atoms with Crippen molar-refractivity contribution in [2.24, 2.45) is 0 Å². The van der Waals surface area contributed by atoms with E-state index < -0.39 is 5.97 Å². The minimum absolute atomic E-state index is 0.0437. The second-order valence-corrected chi connectivity index (χ2v) is 6.82. The van der Waals surface area contributed by atoms with E-state index in [1.807, 2.05) is 24.3 Å². The van der Waals surface area contributed by atoms with Gasteiger partial charge in [-0.2, -0.15) is 16.9 Å². The molecule has 0 saturated carbocycles. The topological polar surface area (TPSA) is 84.7 Å². The molecule has 3 rings (SSSR count). The van der Waals surface area contributed by atoms with E-state index in [0.717, 1.165) is 17.2 Å². The quantitative estimate of drug-likeness (QED) is 0.876. The summed E-state index contributed by atoms with van der Waals surface area (Å²) < 4.78 is 6.75. The number of hydrogen-bond donors (Lipinski definition) is 1. The summed E-state index contributed by atoms with van der Waals surface area (Å²) in [6, 6.07) is 8.71. The van der Waals surface area contributed by atoms with Crippen LogP contribution < -0.4 is 4.74 Å². The molecule has 0 aliphatic carbocycles. The summed E-state index contributed by atoms with van der Waals surface area (Å²) in [5.74, 6) is 1.07. The molecule has 1 unspecified atom stereocenters. The van der Waals surface area contributed by atoms with Crippen LogP contribution in [0, 0.1) is 0 Å². The predicted molar refractivity (Wildman–Crippen MR) is 94.5 cm³/mol. The van der Waals surface area contributed by atoms with E-state index in [1.165, 1.54) is 0 Å². The van der Waals surface area contributed by atoms with Crippen molar-refractivity contribution in [1.82, 2.24) is 14.7 Å². The molecule has 8 heteroatoms. The number of amides is 1. The maximum Gasteiger partial charge on any atom is 0.305 e. The van der Waals surface area contributed by atoms with Crippen molar-refractivity contribution in [1.29, 1.82) is 0 Å². The first kappa shape index (κ1) is 17.3. The van der Waals surface area contributed by atoms with E-state index in [1.54, 1.807) is 40.7 Å². The smallest absolute Gasteiger partial charge is 0.305 e. The monoisotopic (exact) mass is 361 g/mol. The van der Waals surface area contributed by atoms with Gasteiger partial charge >= 0.3 is 5.97 Å². The Morgan fingerprint density at radius 2 is 2.08 bits per heavy atom. The lowest BCUT2D eigenvalue weighted by molar-refractivity contribution is -0.138. The molecule has 1 aromatic heterocycles. The summed E-state index contributed by atoms with van der Waals surface area (Å²) in [4.78, 5) is 25.4. The molecule has 0 radical (unpaired) electrons. The van der Waals surface area contributed by atoms with Crippen LogP contribution in [0.3, 0.4) is 0 Å². The number of carboxylic acid groups (broad SMARTS) is 1. The van der Waals surface area contributed by atoms with E-state index in [4.69, 9.17) is 9.84 Å². The van der Waals surface area contributed by atoms with Gasteiger partial charge in [-0.25, -0.2) is 4.68 Å². The highest BCUT2D eigenvalue weighted by Crippen LogP contribution is 2.21. The highest BCUT2D eigenvalue weighted by atomic mass is 32.2. The van der Waals surface area contributed by atoms with Crippen molar-refractivity contribution in [3.63, 3.8) is 0 Å². The summed E-state index contributed by atoms with van der Waals surface area (Å²) in [5.41, 5.74) is 1.13. The minimum atomic E-state index is -0.894. The molecule has 0 bridgehead atoms. The Balaban J connectivity index is 1.77. The molecule has 2 heterocycles. The second kappa shape index (κ2) is 7.60. The molecule has 1 amide bonds. The Morgan fingerprint density at radius 1 is 1.32 bits per heavy atom. The molecule has 1 N–H and O–H groups in total. The number of hydrogen-bond acceptors (Lipinski definition) is 5. The van der Waals surface area contributed by atoms with Crippen LogP contribution in [-0.4, -0.2) is 62.9 Å². The van der Waals surface area contributed by atoms with Gasteiger partial charge in [-0.15, -0.1) is 0 Å². The third-order valence-corrected chi connectivity index (χ3v) is 5.14. The van der Waals surface area contributed by atoms with Crippen molar-refractivity contribution in [2.45, 2.75) is 12.5 Å². The summed E-state index contributed by atoms with van der Waals surface area (Å²) >= 11 is 1.67. The van der Waals surface area contributed by atoms with E-state index in [2.05, 4.69) is 5.10 Å². The van der Waals surface area contributed by atoms with Gasteiger partial charge in [-0.3, -0.25) is 9.59 Å². The molecule has 1 saturated heterocycles. The Hall–Kier alpha value is -2.48.